The van der Waals surface area contributed by atoms with Crippen molar-refractivity contribution < 1.29 is 26.4 Å². The summed E-state index contributed by atoms with van der Waals surface area (Å²) in [4.78, 5) is 12.3. The molecular weight excluding hydrogens is 295 g/mol. The minimum absolute atomic E-state index is 0.409. The van der Waals surface area contributed by atoms with Crippen molar-refractivity contribution in [3.05, 3.63) is 0 Å². The Morgan fingerprint density at radius 3 is 2.50 bits per heavy atom. The maximum absolute atomic E-state index is 13.2. The number of rotatable bonds is 1. The first-order valence-electron chi connectivity index (χ1n) is 5.26. The van der Waals surface area contributed by atoms with Crippen LogP contribution < -0.4 is 0 Å². The maximum Gasteiger partial charge on any atom is 0.397 e. The zero-order valence-corrected chi connectivity index (χ0v) is 10.8. The smallest absolute Gasteiger partial charge is 0.339 e. The summed E-state index contributed by atoms with van der Waals surface area (Å²) >= 11 is 5.30. The molecule has 0 aliphatic carbocycles. The molecule has 4 nitrogen and oxygen atoms in total. The predicted molar refractivity (Wildman–Crippen MR) is 58.0 cm³/mol. The Bertz CT molecular complexity index is 478. The number of carbonyl (C=O) groups is 1. The van der Waals surface area contributed by atoms with Gasteiger partial charge in [0.05, 0.1) is 11.0 Å². The minimum atomic E-state index is -4.64. The summed E-state index contributed by atoms with van der Waals surface area (Å²) in [6, 6.07) is 0. The predicted octanol–water partition coefficient (Wildman–Crippen LogP) is 0.803. The lowest BCUT2D eigenvalue weighted by atomic mass is 9.83. The lowest BCUT2D eigenvalue weighted by Crippen LogP contribution is -2.45. The Kier molecular flexibility index (Phi) is 3.09. The Morgan fingerprint density at radius 2 is 2.06 bits per heavy atom. The molecule has 2 aliphatic rings. The largest absolute Gasteiger partial charge is 0.397 e. The fraction of sp³-hybridized carbons (Fsp3) is 0.889. The van der Waals surface area contributed by atoms with Crippen LogP contribution in [0.2, 0.25) is 0 Å². The van der Waals surface area contributed by atoms with Crippen LogP contribution in [0.25, 0.3) is 0 Å². The quantitative estimate of drug-likeness (QED) is 0.674. The first kappa shape index (κ1) is 13.9. The standard InChI is InChI=1S/C9H11ClF3NO3S/c10-3-7(15)14-4-6-8(5-14,9(11,12)13)1-2-18(6,16)17/h6H,1-5H2/t6-,8-/m0/s1. The zero-order valence-electron chi connectivity index (χ0n) is 9.20. The van der Waals surface area contributed by atoms with Gasteiger partial charge in [-0.1, -0.05) is 0 Å². The van der Waals surface area contributed by atoms with E-state index >= 15 is 0 Å². The third-order valence-electron chi connectivity index (χ3n) is 3.77. The fourth-order valence-corrected chi connectivity index (χ4v) is 5.26. The number of sulfone groups is 1. The van der Waals surface area contributed by atoms with Crippen LogP contribution in [0.1, 0.15) is 6.42 Å². The highest BCUT2D eigenvalue weighted by Crippen LogP contribution is 2.54. The summed E-state index contributed by atoms with van der Waals surface area (Å²) in [5.74, 6) is -1.58. The molecule has 2 aliphatic heterocycles. The SMILES string of the molecule is O=C(CCl)N1C[C@H]2[C@](C(F)(F)F)(CCS2(=O)=O)C1. The molecule has 0 radical (unpaired) electrons. The number of amides is 1. The molecule has 0 saturated carbocycles. The van der Waals surface area contributed by atoms with Crippen molar-refractivity contribution in [3.8, 4) is 0 Å². The molecule has 18 heavy (non-hydrogen) atoms. The number of nitrogens with zero attached hydrogens (tertiary/aromatic N) is 1. The molecule has 0 bridgehead atoms. The van der Waals surface area contributed by atoms with Crippen molar-refractivity contribution in [3.63, 3.8) is 0 Å². The van der Waals surface area contributed by atoms with E-state index in [0.29, 0.717) is 0 Å². The highest BCUT2D eigenvalue weighted by Gasteiger charge is 2.70. The minimum Gasteiger partial charge on any atom is -0.339 e. The molecule has 0 aromatic heterocycles. The van der Waals surface area contributed by atoms with Gasteiger partial charge in [0.1, 0.15) is 11.3 Å². The first-order chi connectivity index (χ1) is 8.14. The van der Waals surface area contributed by atoms with Crippen molar-refractivity contribution in [2.24, 2.45) is 5.41 Å². The van der Waals surface area contributed by atoms with Crippen molar-refractivity contribution in [1.29, 1.82) is 0 Å². The average Bonchev–Trinajstić information content (AvgIpc) is 2.75. The molecule has 0 spiro atoms. The van der Waals surface area contributed by atoms with E-state index in [4.69, 9.17) is 11.6 Å². The number of likely N-dealkylation sites (tertiary alicyclic amines) is 1. The second-order valence-electron chi connectivity index (χ2n) is 4.67. The molecule has 1 amide bonds. The van der Waals surface area contributed by atoms with Crippen LogP contribution in [0.4, 0.5) is 13.2 Å². The van der Waals surface area contributed by atoms with Crippen molar-refractivity contribution in [2.75, 3.05) is 24.7 Å². The molecule has 0 aromatic rings. The first-order valence-corrected chi connectivity index (χ1v) is 7.51. The van der Waals surface area contributed by atoms with E-state index in [0.717, 1.165) is 4.90 Å². The molecule has 0 aromatic carbocycles. The van der Waals surface area contributed by atoms with E-state index < -0.39 is 63.7 Å². The Balaban J connectivity index is 2.41. The summed E-state index contributed by atoms with van der Waals surface area (Å²) in [7, 11) is -3.80. The lowest BCUT2D eigenvalue weighted by Gasteiger charge is -2.29. The molecule has 2 heterocycles. The van der Waals surface area contributed by atoms with Crippen LogP contribution >= 0.6 is 11.6 Å². The second-order valence-corrected chi connectivity index (χ2v) is 7.24. The van der Waals surface area contributed by atoms with Gasteiger partial charge in [0.2, 0.25) is 5.91 Å². The number of alkyl halides is 4. The number of fused-ring (bicyclic) bond motifs is 1. The van der Waals surface area contributed by atoms with Gasteiger partial charge in [-0.15, -0.1) is 11.6 Å². The van der Waals surface area contributed by atoms with Crippen LogP contribution in [0.3, 0.4) is 0 Å². The molecule has 0 N–H and O–H groups in total. The summed E-state index contributed by atoms with van der Waals surface area (Å²) < 4.78 is 62.8. The van der Waals surface area contributed by atoms with Crippen LogP contribution in [-0.4, -0.2) is 55.4 Å². The van der Waals surface area contributed by atoms with Gasteiger partial charge in [-0.2, -0.15) is 13.2 Å². The molecule has 104 valence electrons. The average molecular weight is 306 g/mol. The van der Waals surface area contributed by atoms with E-state index in [-0.39, 0.29) is 0 Å². The van der Waals surface area contributed by atoms with E-state index in [1.807, 2.05) is 0 Å². The normalized spacial score (nSPS) is 34.7. The third kappa shape index (κ3) is 1.80. The number of hydrogen-bond acceptors (Lipinski definition) is 3. The molecule has 0 unspecified atom stereocenters. The van der Waals surface area contributed by atoms with Gasteiger partial charge < -0.3 is 4.90 Å². The van der Waals surface area contributed by atoms with Gasteiger partial charge in [-0.05, 0) is 6.42 Å². The van der Waals surface area contributed by atoms with Crippen LogP contribution in [0.5, 0.6) is 0 Å². The van der Waals surface area contributed by atoms with E-state index in [9.17, 15) is 26.4 Å². The van der Waals surface area contributed by atoms with Crippen molar-refractivity contribution in [2.45, 2.75) is 17.8 Å². The van der Waals surface area contributed by atoms with E-state index in [1.165, 1.54) is 0 Å². The highest BCUT2D eigenvalue weighted by atomic mass is 35.5. The third-order valence-corrected chi connectivity index (χ3v) is 6.24. The van der Waals surface area contributed by atoms with Crippen LogP contribution in [0.15, 0.2) is 0 Å². The van der Waals surface area contributed by atoms with Gasteiger partial charge in [-0.3, -0.25) is 4.79 Å². The number of halogens is 4. The lowest BCUT2D eigenvalue weighted by molar-refractivity contribution is -0.216. The van der Waals surface area contributed by atoms with Crippen LogP contribution in [-0.2, 0) is 14.6 Å². The van der Waals surface area contributed by atoms with E-state index in [2.05, 4.69) is 0 Å². The topological polar surface area (TPSA) is 54.5 Å². The van der Waals surface area contributed by atoms with Crippen molar-refractivity contribution >= 4 is 27.3 Å². The summed E-state index contributed by atoms with van der Waals surface area (Å²) in [5, 5.41) is -1.54. The summed E-state index contributed by atoms with van der Waals surface area (Å²) in [6.07, 6.45) is -5.11. The van der Waals surface area contributed by atoms with Gasteiger partial charge >= 0.3 is 6.18 Å². The van der Waals surface area contributed by atoms with Crippen LogP contribution in [0, 0.1) is 5.41 Å². The monoisotopic (exact) mass is 305 g/mol. The van der Waals surface area contributed by atoms with E-state index in [1.54, 1.807) is 0 Å². The summed E-state index contributed by atoms with van der Waals surface area (Å²) in [6.45, 7) is -1.01. The Hall–Kier alpha value is -0.500. The maximum atomic E-state index is 13.2. The Morgan fingerprint density at radius 1 is 1.44 bits per heavy atom. The Labute approximate surface area is 107 Å². The number of carbonyl (C=O) groups excluding carboxylic acids is 1. The molecule has 2 saturated heterocycles. The molecular formula is C9H11ClF3NO3S. The molecule has 2 atom stereocenters. The van der Waals surface area contributed by atoms with Gasteiger partial charge in [0.15, 0.2) is 9.84 Å². The zero-order chi connectivity index (χ0) is 13.8. The second kappa shape index (κ2) is 4.00. The molecule has 2 rings (SSSR count). The fourth-order valence-electron chi connectivity index (χ4n) is 2.73. The number of hydrogen-bond donors (Lipinski definition) is 0. The summed E-state index contributed by atoms with van der Waals surface area (Å²) in [5.41, 5.74) is -2.31. The van der Waals surface area contributed by atoms with Gasteiger partial charge in [0.25, 0.3) is 0 Å². The molecule has 9 heteroatoms. The van der Waals surface area contributed by atoms with Gasteiger partial charge in [0, 0.05) is 13.1 Å². The van der Waals surface area contributed by atoms with Crippen molar-refractivity contribution in [1.82, 2.24) is 4.90 Å². The molecule has 2 fully saturated rings. The van der Waals surface area contributed by atoms with Gasteiger partial charge in [-0.25, -0.2) is 8.42 Å². The highest BCUT2D eigenvalue weighted by molar-refractivity contribution is 7.92.